The third-order valence-corrected chi connectivity index (χ3v) is 11.7. The van der Waals surface area contributed by atoms with Crippen molar-refractivity contribution in [3.8, 4) is 0 Å². The van der Waals surface area contributed by atoms with Crippen LogP contribution >= 0.6 is 0 Å². The summed E-state index contributed by atoms with van der Waals surface area (Å²) >= 11 is 0. The molecule has 12 heavy (non-hydrogen) atoms. The molecule has 0 N–H and O–H groups in total. The fraction of sp³-hybridized carbons (Fsp3) is 1.00. The third-order valence-electron chi connectivity index (χ3n) is 2.16. The fourth-order valence-corrected chi connectivity index (χ4v) is 16.3. The van der Waals surface area contributed by atoms with E-state index in [1.54, 1.807) is 0 Å². The molecule has 0 aliphatic heterocycles. The first kappa shape index (κ1) is 12.5. The van der Waals surface area contributed by atoms with E-state index < -0.39 is 15.9 Å². The van der Waals surface area contributed by atoms with Crippen molar-refractivity contribution in [1.82, 2.24) is 4.81 Å². The standard InChI is InChI=1S/C8H24BNSi2/c1-10(2)9(11(3,4)5)12(6,7)8/h1-8H3. The zero-order chi connectivity index (χ0) is 10.2. The predicted octanol–water partition coefficient (Wildman–Crippen LogP) is 2.37. The summed E-state index contributed by atoms with van der Waals surface area (Å²) in [4.78, 5) is 2.46. The van der Waals surface area contributed by atoms with Crippen LogP contribution in [-0.4, -0.2) is 40.8 Å². The highest BCUT2D eigenvalue weighted by Crippen LogP contribution is 2.18. The summed E-state index contributed by atoms with van der Waals surface area (Å²) in [6, 6.07) is 0.894. The van der Waals surface area contributed by atoms with Gasteiger partial charge in [0.1, 0.15) is 0 Å². The molecule has 0 amide bonds. The Morgan fingerprint density at radius 2 is 1.00 bits per heavy atom. The molecule has 0 rings (SSSR count). The second-order valence-corrected chi connectivity index (χ2v) is 17.2. The highest BCUT2D eigenvalue weighted by atomic mass is 28.4. The van der Waals surface area contributed by atoms with Crippen LogP contribution in [0.5, 0.6) is 0 Å². The molecule has 0 saturated carbocycles. The minimum absolute atomic E-state index is 0.894. The molecule has 0 aromatic heterocycles. The normalized spacial score (nSPS) is 13.8. The summed E-state index contributed by atoms with van der Waals surface area (Å²) < 4.78 is 0. The smallest absolute Gasteiger partial charge is 0.202 e. The summed E-state index contributed by atoms with van der Waals surface area (Å²) in [6.45, 7) is 14.9. The van der Waals surface area contributed by atoms with Gasteiger partial charge >= 0.3 is 0 Å². The first-order chi connectivity index (χ1) is 5.07. The van der Waals surface area contributed by atoms with Gasteiger partial charge in [0.05, 0.1) is 0 Å². The summed E-state index contributed by atoms with van der Waals surface area (Å²) in [5.41, 5.74) is 0. The molecule has 0 saturated heterocycles. The Bertz CT molecular complexity index is 132. The Balaban J connectivity index is 4.70. The van der Waals surface area contributed by atoms with Crippen molar-refractivity contribution in [3.63, 3.8) is 0 Å². The van der Waals surface area contributed by atoms with Crippen LogP contribution in [0, 0.1) is 0 Å². The van der Waals surface area contributed by atoms with Crippen LogP contribution in [0.3, 0.4) is 0 Å². The van der Waals surface area contributed by atoms with E-state index in [0.29, 0.717) is 0 Å². The van der Waals surface area contributed by atoms with Crippen molar-refractivity contribution < 1.29 is 0 Å². The molecule has 0 heterocycles. The van der Waals surface area contributed by atoms with E-state index in [4.69, 9.17) is 0 Å². The van der Waals surface area contributed by atoms with Crippen molar-refractivity contribution in [2.24, 2.45) is 0 Å². The van der Waals surface area contributed by atoms with Gasteiger partial charge in [0, 0.05) is 15.9 Å². The monoisotopic (exact) mass is 201 g/mol. The summed E-state index contributed by atoms with van der Waals surface area (Å²) in [6.07, 6.45) is 0. The van der Waals surface area contributed by atoms with Gasteiger partial charge in [0.15, 0.2) is 0 Å². The van der Waals surface area contributed by atoms with Gasteiger partial charge in [-0.15, -0.1) is 0 Å². The lowest BCUT2D eigenvalue weighted by atomic mass is 10.3. The van der Waals surface area contributed by atoms with Crippen molar-refractivity contribution in [3.05, 3.63) is 0 Å². The van der Waals surface area contributed by atoms with Gasteiger partial charge in [-0.2, -0.15) is 0 Å². The van der Waals surface area contributed by atoms with E-state index in [1.165, 1.54) is 0 Å². The van der Waals surface area contributed by atoms with Crippen LogP contribution < -0.4 is 0 Å². The summed E-state index contributed by atoms with van der Waals surface area (Å²) in [7, 11) is 2.48. The van der Waals surface area contributed by atoms with Gasteiger partial charge in [-0.05, 0) is 14.1 Å². The molecular formula is C8H24BNSi2. The molecule has 0 aromatic carbocycles. The van der Waals surface area contributed by atoms with E-state index in [-0.39, 0.29) is 0 Å². The highest BCUT2D eigenvalue weighted by Gasteiger charge is 2.42. The molecule has 4 heteroatoms. The Hall–Kier alpha value is 0.459. The Morgan fingerprint density at radius 3 is 1.00 bits per heavy atom. The van der Waals surface area contributed by atoms with Gasteiger partial charge < -0.3 is 4.81 Å². The zero-order valence-electron chi connectivity index (χ0n) is 10.0. The average Bonchev–Trinajstić information content (AvgIpc) is 1.49. The maximum Gasteiger partial charge on any atom is 0.202 e. The minimum Gasteiger partial charge on any atom is -0.352 e. The number of rotatable bonds is 3. The van der Waals surface area contributed by atoms with Crippen LogP contribution in [0.1, 0.15) is 0 Å². The van der Waals surface area contributed by atoms with Crippen LogP contribution in [0.25, 0.3) is 0 Å². The Morgan fingerprint density at radius 1 is 0.750 bits per heavy atom. The second kappa shape index (κ2) is 3.68. The van der Waals surface area contributed by atoms with E-state index in [0.717, 1.165) is 6.03 Å². The summed E-state index contributed by atoms with van der Waals surface area (Å²) in [5, 5.41) is 0. The van der Waals surface area contributed by atoms with Crippen LogP contribution in [0.2, 0.25) is 39.3 Å². The Labute approximate surface area is 80.5 Å². The van der Waals surface area contributed by atoms with Crippen molar-refractivity contribution in [2.45, 2.75) is 39.3 Å². The highest BCUT2D eigenvalue weighted by molar-refractivity contribution is 7.59. The number of hydrogen-bond donors (Lipinski definition) is 0. The first-order valence-corrected chi connectivity index (χ1v) is 11.9. The van der Waals surface area contributed by atoms with Crippen molar-refractivity contribution in [1.29, 1.82) is 0 Å². The molecule has 0 aliphatic carbocycles. The van der Waals surface area contributed by atoms with Gasteiger partial charge in [-0.3, -0.25) is 0 Å². The molecule has 0 aliphatic rings. The van der Waals surface area contributed by atoms with Crippen LogP contribution in [-0.2, 0) is 0 Å². The fourth-order valence-electron chi connectivity index (χ4n) is 2.85. The van der Waals surface area contributed by atoms with Gasteiger partial charge in [0.25, 0.3) is 0 Å². The molecule has 1 nitrogen and oxygen atoms in total. The molecule has 0 fully saturated rings. The second-order valence-electron chi connectivity index (χ2n) is 6.10. The number of nitrogens with zero attached hydrogens (tertiary/aromatic N) is 1. The SMILES string of the molecule is CN(C)B([Si](C)(C)C)[Si](C)(C)C. The molecule has 72 valence electrons. The maximum absolute atomic E-state index is 2.48. The lowest BCUT2D eigenvalue weighted by Gasteiger charge is -2.39. The average molecular weight is 201 g/mol. The molecule has 0 spiro atoms. The van der Waals surface area contributed by atoms with Gasteiger partial charge in [0.2, 0.25) is 6.03 Å². The predicted molar refractivity (Wildman–Crippen MR) is 66.1 cm³/mol. The third kappa shape index (κ3) is 3.45. The van der Waals surface area contributed by atoms with Crippen LogP contribution in [0.15, 0.2) is 0 Å². The number of hydrogen-bond acceptors (Lipinski definition) is 1. The van der Waals surface area contributed by atoms with E-state index >= 15 is 0 Å². The lowest BCUT2D eigenvalue weighted by Crippen LogP contribution is -2.66. The molecule has 0 aromatic rings. The maximum atomic E-state index is 2.48. The Kier molecular flexibility index (Phi) is 3.82. The summed E-state index contributed by atoms with van der Waals surface area (Å²) in [5.74, 6) is 0. The first-order valence-electron chi connectivity index (χ1n) is 4.73. The molecule has 0 unspecified atom stereocenters. The lowest BCUT2D eigenvalue weighted by molar-refractivity contribution is 0.663. The molecule has 0 bridgehead atoms. The van der Waals surface area contributed by atoms with E-state index in [1.807, 2.05) is 0 Å². The molecule has 0 radical (unpaired) electrons. The van der Waals surface area contributed by atoms with E-state index in [2.05, 4.69) is 58.2 Å². The van der Waals surface area contributed by atoms with Gasteiger partial charge in [-0.25, -0.2) is 0 Å². The topological polar surface area (TPSA) is 3.24 Å². The zero-order valence-corrected chi connectivity index (χ0v) is 12.0. The van der Waals surface area contributed by atoms with Crippen molar-refractivity contribution in [2.75, 3.05) is 14.1 Å². The van der Waals surface area contributed by atoms with Crippen LogP contribution in [0.4, 0.5) is 0 Å². The molecule has 0 atom stereocenters. The van der Waals surface area contributed by atoms with Gasteiger partial charge in [-0.1, -0.05) is 39.3 Å². The minimum atomic E-state index is -0.997. The quantitative estimate of drug-likeness (QED) is 0.634. The largest absolute Gasteiger partial charge is 0.352 e. The molecular weight excluding hydrogens is 177 g/mol. The van der Waals surface area contributed by atoms with E-state index in [9.17, 15) is 0 Å². The van der Waals surface area contributed by atoms with Crippen molar-refractivity contribution >= 4 is 21.9 Å².